The molecule has 1 aliphatic rings. The van der Waals surface area contributed by atoms with E-state index in [9.17, 15) is 0 Å². The molecule has 2 rings (SSSR count). The summed E-state index contributed by atoms with van der Waals surface area (Å²) in [5.74, 6) is 0.824. The van der Waals surface area contributed by atoms with Crippen LogP contribution in [-0.4, -0.2) is 26.2 Å². The molecule has 0 bridgehead atoms. The van der Waals surface area contributed by atoms with Crippen molar-refractivity contribution in [3.05, 3.63) is 35.9 Å². The number of likely N-dealkylation sites (N-methyl/N-ethyl adjacent to an activating group) is 1. The number of rotatable bonds is 3. The van der Waals surface area contributed by atoms with Crippen LogP contribution in [0.15, 0.2) is 30.3 Å². The minimum absolute atomic E-state index is 0.687. The van der Waals surface area contributed by atoms with Gasteiger partial charge >= 0.3 is 0 Å². The van der Waals surface area contributed by atoms with Crippen LogP contribution in [-0.2, 0) is 6.54 Å². The van der Waals surface area contributed by atoms with E-state index in [4.69, 9.17) is 0 Å². The predicted octanol–water partition coefficient (Wildman–Crippen LogP) is 0.699. The lowest BCUT2D eigenvalue weighted by molar-refractivity contribution is -0.920. The predicted molar refractivity (Wildman–Crippen MR) is 67.5 cm³/mol. The number of hydrogen-bond donors (Lipinski definition) is 2. The molecular weight excluding hydrogens is 196 g/mol. The van der Waals surface area contributed by atoms with Crippen LogP contribution in [0.3, 0.4) is 0 Å². The van der Waals surface area contributed by atoms with E-state index < -0.39 is 0 Å². The van der Waals surface area contributed by atoms with E-state index in [0.717, 1.165) is 5.92 Å². The van der Waals surface area contributed by atoms with Gasteiger partial charge in [0, 0.05) is 12.0 Å². The molecule has 1 aliphatic heterocycles. The van der Waals surface area contributed by atoms with Crippen LogP contribution in [0.4, 0.5) is 0 Å². The second-order valence-electron chi connectivity index (χ2n) is 5.03. The molecule has 1 heterocycles. The van der Waals surface area contributed by atoms with Crippen molar-refractivity contribution in [1.82, 2.24) is 5.32 Å². The van der Waals surface area contributed by atoms with E-state index >= 15 is 0 Å². The largest absolute Gasteiger partial charge is 0.330 e. The Bertz CT molecular complexity index is 310. The van der Waals surface area contributed by atoms with Crippen molar-refractivity contribution in [3.63, 3.8) is 0 Å². The Labute approximate surface area is 98.7 Å². The van der Waals surface area contributed by atoms with Crippen LogP contribution in [0.2, 0.25) is 0 Å². The topological polar surface area (TPSA) is 16.5 Å². The van der Waals surface area contributed by atoms with Gasteiger partial charge in [0.1, 0.15) is 6.54 Å². The van der Waals surface area contributed by atoms with Gasteiger partial charge in [0.15, 0.2) is 0 Å². The summed E-state index contributed by atoms with van der Waals surface area (Å²) in [7, 11) is 2.09. The first-order valence-corrected chi connectivity index (χ1v) is 6.34. The molecule has 1 aromatic carbocycles. The minimum Gasteiger partial charge on any atom is -0.330 e. The van der Waals surface area contributed by atoms with E-state index in [0.29, 0.717) is 6.04 Å². The summed E-state index contributed by atoms with van der Waals surface area (Å²) in [6.07, 6.45) is 1.34. The van der Waals surface area contributed by atoms with Crippen molar-refractivity contribution < 1.29 is 4.90 Å². The first-order chi connectivity index (χ1) is 7.79. The maximum atomic E-state index is 3.45. The zero-order chi connectivity index (χ0) is 11.4. The number of quaternary nitrogens is 1. The Balaban J connectivity index is 1.92. The normalized spacial score (nSPS) is 30.2. The first kappa shape index (κ1) is 11.6. The lowest BCUT2D eigenvalue weighted by atomic mass is 9.93. The summed E-state index contributed by atoms with van der Waals surface area (Å²) in [4.78, 5) is 1.71. The Morgan fingerprint density at radius 2 is 2.06 bits per heavy atom. The van der Waals surface area contributed by atoms with Gasteiger partial charge in [-0.2, -0.15) is 0 Å². The molecule has 16 heavy (non-hydrogen) atoms. The lowest BCUT2D eigenvalue weighted by Crippen LogP contribution is -3.13. The Kier molecular flexibility index (Phi) is 3.97. The summed E-state index contributed by atoms with van der Waals surface area (Å²) in [6.45, 7) is 6.10. The highest BCUT2D eigenvalue weighted by molar-refractivity contribution is 5.13. The van der Waals surface area contributed by atoms with Gasteiger partial charge in [-0.1, -0.05) is 37.3 Å². The summed E-state index contributed by atoms with van der Waals surface area (Å²) in [5, 5.41) is 3.45. The maximum Gasteiger partial charge on any atom is 0.103 e. The van der Waals surface area contributed by atoms with Gasteiger partial charge < -0.3 is 10.2 Å². The zero-order valence-corrected chi connectivity index (χ0v) is 10.4. The van der Waals surface area contributed by atoms with Gasteiger partial charge in [0.2, 0.25) is 0 Å². The van der Waals surface area contributed by atoms with Gasteiger partial charge in [-0.25, -0.2) is 0 Å². The van der Waals surface area contributed by atoms with Crippen LogP contribution < -0.4 is 10.2 Å². The van der Waals surface area contributed by atoms with Crippen LogP contribution >= 0.6 is 0 Å². The summed E-state index contributed by atoms with van der Waals surface area (Å²) < 4.78 is 0. The second kappa shape index (κ2) is 5.46. The molecule has 2 N–H and O–H groups in total. The quantitative estimate of drug-likeness (QED) is 0.765. The fourth-order valence-electron chi connectivity index (χ4n) is 2.68. The number of piperidine rings is 1. The fraction of sp³-hybridized carbons (Fsp3) is 0.571. The SMILES string of the molecule is CN[C@H]1C[NH+](Cc2ccccc2)CC[C@H]1C. The molecule has 88 valence electrons. The van der Waals surface area contributed by atoms with Gasteiger partial charge in [0.05, 0.1) is 19.1 Å². The fourth-order valence-corrected chi connectivity index (χ4v) is 2.68. The van der Waals surface area contributed by atoms with E-state index in [1.807, 2.05) is 0 Å². The molecular formula is C14H23N2+. The Morgan fingerprint density at radius 1 is 1.31 bits per heavy atom. The number of hydrogen-bond acceptors (Lipinski definition) is 1. The highest BCUT2D eigenvalue weighted by Gasteiger charge is 2.27. The highest BCUT2D eigenvalue weighted by Crippen LogP contribution is 2.08. The van der Waals surface area contributed by atoms with Gasteiger partial charge in [-0.15, -0.1) is 0 Å². The summed E-state index contributed by atoms with van der Waals surface area (Å²) in [5.41, 5.74) is 1.46. The highest BCUT2D eigenvalue weighted by atomic mass is 15.2. The van der Waals surface area contributed by atoms with Gasteiger partial charge in [0.25, 0.3) is 0 Å². The molecule has 0 spiro atoms. The van der Waals surface area contributed by atoms with Crippen molar-refractivity contribution in [3.8, 4) is 0 Å². The van der Waals surface area contributed by atoms with Gasteiger partial charge in [-0.3, -0.25) is 0 Å². The molecule has 3 atom stereocenters. The van der Waals surface area contributed by atoms with E-state index in [1.165, 1.54) is 31.6 Å². The summed E-state index contributed by atoms with van der Waals surface area (Å²) in [6, 6.07) is 11.5. The van der Waals surface area contributed by atoms with Crippen LogP contribution in [0.5, 0.6) is 0 Å². The third kappa shape index (κ3) is 2.83. The third-order valence-electron chi connectivity index (χ3n) is 3.82. The van der Waals surface area contributed by atoms with Crippen molar-refractivity contribution in [1.29, 1.82) is 0 Å². The summed E-state index contributed by atoms with van der Waals surface area (Å²) >= 11 is 0. The lowest BCUT2D eigenvalue weighted by Gasteiger charge is -2.34. The first-order valence-electron chi connectivity index (χ1n) is 6.34. The van der Waals surface area contributed by atoms with Crippen molar-refractivity contribution in [2.45, 2.75) is 25.9 Å². The molecule has 1 saturated heterocycles. The van der Waals surface area contributed by atoms with Crippen LogP contribution in [0, 0.1) is 5.92 Å². The molecule has 2 heteroatoms. The number of benzene rings is 1. The molecule has 0 aromatic heterocycles. The number of nitrogens with one attached hydrogen (secondary N) is 2. The standard InChI is InChI=1S/C14H22N2/c1-12-8-9-16(11-14(12)15-2)10-13-6-4-3-5-7-13/h3-7,12,14-15H,8-11H2,1-2H3/p+1/t12-,14+/m1/s1. The zero-order valence-electron chi connectivity index (χ0n) is 10.4. The third-order valence-corrected chi connectivity index (χ3v) is 3.82. The van der Waals surface area contributed by atoms with E-state index in [2.05, 4.69) is 49.6 Å². The smallest absolute Gasteiger partial charge is 0.103 e. The Morgan fingerprint density at radius 3 is 2.75 bits per heavy atom. The molecule has 0 saturated carbocycles. The number of likely N-dealkylation sites (tertiary alicyclic amines) is 1. The molecule has 1 aromatic rings. The molecule has 2 nitrogen and oxygen atoms in total. The molecule has 0 amide bonds. The van der Waals surface area contributed by atoms with Crippen molar-refractivity contribution in [2.75, 3.05) is 20.1 Å². The monoisotopic (exact) mass is 219 g/mol. The van der Waals surface area contributed by atoms with E-state index in [-0.39, 0.29) is 0 Å². The average molecular weight is 219 g/mol. The maximum absolute atomic E-state index is 3.45. The second-order valence-corrected chi connectivity index (χ2v) is 5.03. The van der Waals surface area contributed by atoms with Crippen molar-refractivity contribution in [2.24, 2.45) is 5.92 Å². The molecule has 1 unspecified atom stereocenters. The van der Waals surface area contributed by atoms with E-state index in [1.54, 1.807) is 4.90 Å². The molecule has 0 radical (unpaired) electrons. The van der Waals surface area contributed by atoms with Gasteiger partial charge in [-0.05, 0) is 13.0 Å². The van der Waals surface area contributed by atoms with Crippen molar-refractivity contribution >= 4 is 0 Å². The molecule has 1 fully saturated rings. The minimum atomic E-state index is 0.687. The Hall–Kier alpha value is -0.860. The van der Waals surface area contributed by atoms with Crippen LogP contribution in [0.1, 0.15) is 18.9 Å². The molecule has 0 aliphatic carbocycles. The average Bonchev–Trinajstić information content (AvgIpc) is 2.33. The van der Waals surface area contributed by atoms with Crippen LogP contribution in [0.25, 0.3) is 0 Å².